The monoisotopic (exact) mass is 359 g/mol. The van der Waals surface area contributed by atoms with Gasteiger partial charge in [-0.25, -0.2) is 0 Å². The average Bonchev–Trinajstić information content (AvgIpc) is 2.61. The molecule has 1 unspecified atom stereocenters. The Labute approximate surface area is 160 Å². The molecule has 2 aromatic carbocycles. The van der Waals surface area contributed by atoms with Crippen molar-refractivity contribution in [3.05, 3.63) is 77.0 Å². The molecule has 27 heavy (non-hydrogen) atoms. The molecular weight excluding hydrogens is 334 g/mol. The number of benzene rings is 2. The number of amides is 1. The minimum Gasteiger partial charge on any atom is -0.294 e. The van der Waals surface area contributed by atoms with Crippen LogP contribution in [-0.2, 0) is 9.59 Å². The van der Waals surface area contributed by atoms with Crippen molar-refractivity contribution in [2.24, 2.45) is 5.41 Å². The van der Waals surface area contributed by atoms with E-state index in [1.165, 1.54) is 5.56 Å². The van der Waals surface area contributed by atoms with Gasteiger partial charge in [-0.1, -0.05) is 61.9 Å². The number of ketones is 1. The van der Waals surface area contributed by atoms with E-state index in [4.69, 9.17) is 0 Å². The van der Waals surface area contributed by atoms with Crippen molar-refractivity contribution < 1.29 is 9.59 Å². The summed E-state index contributed by atoms with van der Waals surface area (Å²) < 4.78 is 0. The summed E-state index contributed by atoms with van der Waals surface area (Å²) in [5.74, 6) is 0.105. The Morgan fingerprint density at radius 1 is 0.926 bits per heavy atom. The number of anilines is 1. The van der Waals surface area contributed by atoms with Crippen LogP contribution >= 0.6 is 0 Å². The summed E-state index contributed by atoms with van der Waals surface area (Å²) in [7, 11) is 0. The summed E-state index contributed by atoms with van der Waals surface area (Å²) in [6, 6.07) is 17.9. The maximum Gasteiger partial charge on any atom is 0.232 e. The van der Waals surface area contributed by atoms with Crippen LogP contribution in [0.3, 0.4) is 0 Å². The van der Waals surface area contributed by atoms with E-state index in [-0.39, 0.29) is 23.0 Å². The molecule has 0 spiro atoms. The highest BCUT2D eigenvalue weighted by Gasteiger charge is 2.44. The largest absolute Gasteiger partial charge is 0.294 e. The van der Waals surface area contributed by atoms with Gasteiger partial charge in [0.25, 0.3) is 0 Å². The molecule has 138 valence electrons. The maximum absolute atomic E-state index is 13.2. The number of Topliss-reactive ketones (excluding diaryl/α,β-unsaturated/α-hetero) is 1. The molecule has 1 heterocycles. The van der Waals surface area contributed by atoms with E-state index >= 15 is 0 Å². The van der Waals surface area contributed by atoms with Crippen molar-refractivity contribution in [2.75, 3.05) is 4.90 Å². The number of rotatable bonds is 2. The van der Waals surface area contributed by atoms with E-state index in [0.717, 1.165) is 28.9 Å². The summed E-state index contributed by atoms with van der Waals surface area (Å²) >= 11 is 0. The Morgan fingerprint density at radius 2 is 1.59 bits per heavy atom. The van der Waals surface area contributed by atoms with E-state index in [2.05, 4.69) is 38.1 Å². The van der Waals surface area contributed by atoms with E-state index in [9.17, 15) is 9.59 Å². The number of para-hydroxylation sites is 1. The number of carbonyl (C=O) groups is 2. The highest BCUT2D eigenvalue weighted by Crippen LogP contribution is 2.48. The molecule has 1 aliphatic carbocycles. The zero-order chi connectivity index (χ0) is 19.2. The zero-order valence-electron chi connectivity index (χ0n) is 16.2. The van der Waals surface area contributed by atoms with Crippen molar-refractivity contribution in [3.8, 4) is 0 Å². The lowest BCUT2D eigenvalue weighted by Gasteiger charge is -2.43. The zero-order valence-corrected chi connectivity index (χ0v) is 16.2. The summed E-state index contributed by atoms with van der Waals surface area (Å²) in [4.78, 5) is 28.2. The molecule has 1 amide bonds. The molecule has 3 heteroatoms. The Balaban J connectivity index is 1.89. The van der Waals surface area contributed by atoms with Crippen LogP contribution in [0.4, 0.5) is 5.69 Å². The molecule has 0 aromatic heterocycles. The first kappa shape index (κ1) is 17.7. The van der Waals surface area contributed by atoms with Crippen LogP contribution < -0.4 is 4.90 Å². The fourth-order valence-corrected chi connectivity index (χ4v) is 4.38. The summed E-state index contributed by atoms with van der Waals surface area (Å²) in [5.41, 5.74) is 4.67. The fourth-order valence-electron chi connectivity index (χ4n) is 4.38. The lowest BCUT2D eigenvalue weighted by atomic mass is 9.69. The molecule has 0 saturated carbocycles. The van der Waals surface area contributed by atoms with E-state index < -0.39 is 0 Å². The number of aryl methyl sites for hydroxylation is 1. The summed E-state index contributed by atoms with van der Waals surface area (Å²) in [6.07, 6.45) is 1.60. The van der Waals surface area contributed by atoms with E-state index in [1.807, 2.05) is 37.3 Å². The third-order valence-corrected chi connectivity index (χ3v) is 5.64. The standard InChI is InChI=1S/C24H25NO2/c1-16-9-11-17(12-10-16)19-13-22(27)25(18-7-5-4-6-8-18)20-14-24(2,3)15-21(26)23(19)20/h4-12,19H,13-15H2,1-3H3. The number of hydrogen-bond acceptors (Lipinski definition) is 2. The number of hydrogen-bond donors (Lipinski definition) is 0. The van der Waals surface area contributed by atoms with Crippen LogP contribution in [0.5, 0.6) is 0 Å². The highest BCUT2D eigenvalue weighted by atomic mass is 16.2. The van der Waals surface area contributed by atoms with Gasteiger partial charge in [0.2, 0.25) is 5.91 Å². The second-order valence-corrected chi connectivity index (χ2v) is 8.53. The Morgan fingerprint density at radius 3 is 2.26 bits per heavy atom. The quantitative estimate of drug-likeness (QED) is 0.743. The Bertz CT molecular complexity index is 923. The minimum atomic E-state index is -0.142. The van der Waals surface area contributed by atoms with Crippen LogP contribution in [-0.4, -0.2) is 11.7 Å². The average molecular weight is 359 g/mol. The highest BCUT2D eigenvalue weighted by molar-refractivity contribution is 6.07. The summed E-state index contributed by atoms with van der Waals surface area (Å²) in [5, 5.41) is 0. The van der Waals surface area contributed by atoms with Crippen molar-refractivity contribution in [1.29, 1.82) is 0 Å². The molecular formula is C24H25NO2. The maximum atomic E-state index is 13.2. The number of carbonyl (C=O) groups excluding carboxylic acids is 2. The van der Waals surface area contributed by atoms with E-state index in [0.29, 0.717) is 12.8 Å². The van der Waals surface area contributed by atoms with Gasteiger partial charge < -0.3 is 0 Å². The van der Waals surface area contributed by atoms with E-state index in [1.54, 1.807) is 4.90 Å². The van der Waals surface area contributed by atoms with Crippen LogP contribution in [0.2, 0.25) is 0 Å². The molecule has 0 radical (unpaired) electrons. The molecule has 1 aliphatic heterocycles. The molecule has 2 aromatic rings. The first-order chi connectivity index (χ1) is 12.9. The minimum absolute atomic E-state index is 0.0658. The lowest BCUT2D eigenvalue weighted by molar-refractivity contribution is -0.121. The van der Waals surface area contributed by atoms with Gasteiger partial charge in [-0.2, -0.15) is 0 Å². The smallest absolute Gasteiger partial charge is 0.232 e. The fraction of sp³-hybridized carbons (Fsp3) is 0.333. The van der Waals surface area contributed by atoms with Gasteiger partial charge in [0.05, 0.1) is 0 Å². The molecule has 0 fully saturated rings. The lowest BCUT2D eigenvalue weighted by Crippen LogP contribution is -2.43. The first-order valence-electron chi connectivity index (χ1n) is 9.56. The Kier molecular flexibility index (Phi) is 4.26. The third-order valence-electron chi connectivity index (χ3n) is 5.64. The predicted molar refractivity (Wildman–Crippen MR) is 108 cm³/mol. The van der Waals surface area contributed by atoms with Crippen molar-refractivity contribution in [1.82, 2.24) is 0 Å². The van der Waals surface area contributed by atoms with Gasteiger partial charge >= 0.3 is 0 Å². The van der Waals surface area contributed by atoms with Crippen LogP contribution in [0.15, 0.2) is 65.9 Å². The van der Waals surface area contributed by atoms with Gasteiger partial charge in [0.1, 0.15) is 0 Å². The van der Waals surface area contributed by atoms with Crippen molar-refractivity contribution in [2.45, 2.75) is 46.0 Å². The van der Waals surface area contributed by atoms with Gasteiger partial charge in [-0.3, -0.25) is 14.5 Å². The number of allylic oxidation sites excluding steroid dienone is 2. The second kappa shape index (κ2) is 6.49. The molecule has 0 N–H and O–H groups in total. The molecule has 2 aliphatic rings. The first-order valence-corrected chi connectivity index (χ1v) is 9.56. The molecule has 3 nitrogen and oxygen atoms in total. The topological polar surface area (TPSA) is 37.4 Å². The van der Waals surface area contributed by atoms with Crippen molar-refractivity contribution >= 4 is 17.4 Å². The second-order valence-electron chi connectivity index (χ2n) is 8.53. The van der Waals surface area contributed by atoms with Crippen LogP contribution in [0.1, 0.15) is 50.2 Å². The van der Waals surface area contributed by atoms with Gasteiger partial charge in [-0.15, -0.1) is 0 Å². The molecule has 0 saturated heterocycles. The number of nitrogens with zero attached hydrogens (tertiary/aromatic N) is 1. The van der Waals surface area contributed by atoms with Crippen LogP contribution in [0, 0.1) is 12.3 Å². The normalized spacial score (nSPS) is 22.0. The molecule has 1 atom stereocenters. The third kappa shape index (κ3) is 3.23. The predicted octanol–water partition coefficient (Wildman–Crippen LogP) is 5.16. The van der Waals surface area contributed by atoms with Gasteiger partial charge in [0, 0.05) is 35.7 Å². The molecule has 0 bridgehead atoms. The van der Waals surface area contributed by atoms with Gasteiger partial charge in [0.15, 0.2) is 5.78 Å². The van der Waals surface area contributed by atoms with Gasteiger partial charge in [-0.05, 0) is 36.5 Å². The molecule has 4 rings (SSSR count). The van der Waals surface area contributed by atoms with Crippen molar-refractivity contribution in [3.63, 3.8) is 0 Å². The van der Waals surface area contributed by atoms with Crippen LogP contribution in [0.25, 0.3) is 0 Å². The SMILES string of the molecule is Cc1ccc(C2CC(=O)N(c3ccccc3)C3=C2C(=O)CC(C)(C)C3)cc1. The summed E-state index contributed by atoms with van der Waals surface area (Å²) in [6.45, 7) is 6.27. The Hall–Kier alpha value is -2.68.